The molecule has 0 aliphatic rings. The summed E-state index contributed by atoms with van der Waals surface area (Å²) in [4.78, 5) is 3.16. The monoisotopic (exact) mass is 204 g/mol. The van der Waals surface area contributed by atoms with Crippen LogP contribution in [0.3, 0.4) is 0 Å². The van der Waals surface area contributed by atoms with Gasteiger partial charge in [0, 0.05) is 0 Å². The van der Waals surface area contributed by atoms with Crippen molar-refractivity contribution in [2.45, 2.75) is 20.3 Å². The summed E-state index contributed by atoms with van der Waals surface area (Å²) in [5, 5.41) is 7.11. The molecule has 0 saturated carbocycles. The molecule has 3 heteroatoms. The van der Waals surface area contributed by atoms with E-state index in [0.29, 0.717) is 5.92 Å². The second kappa shape index (κ2) is 3.92. The molecule has 0 saturated heterocycles. The first kappa shape index (κ1) is 9.56. The number of rotatable bonds is 3. The molecule has 1 heterocycles. The molecule has 0 unspecified atom stereocenters. The number of hydrogen-bond donors (Lipinski definition) is 2. The Labute approximate surface area is 81.1 Å². The van der Waals surface area contributed by atoms with Gasteiger partial charge >= 0.3 is 80.7 Å². The topological polar surface area (TPSA) is 39.6 Å². The molecular formula is C9H13MnN2. The summed E-state index contributed by atoms with van der Waals surface area (Å²) < 4.78 is 1.03. The van der Waals surface area contributed by atoms with Crippen LogP contribution in [-0.2, 0) is 22.4 Å². The van der Waals surface area contributed by atoms with Crippen molar-refractivity contribution in [1.82, 2.24) is 4.98 Å². The van der Waals surface area contributed by atoms with Crippen LogP contribution in [0.15, 0.2) is 6.20 Å². The Bertz CT molecular complexity index is 276. The van der Waals surface area contributed by atoms with Crippen LogP contribution < -0.4 is 4.46 Å². The molecule has 0 bridgehead atoms. The van der Waals surface area contributed by atoms with Crippen LogP contribution in [0, 0.1) is 11.3 Å². The number of aromatic amines is 1. The Morgan fingerprint density at radius 3 is 2.75 bits per heavy atom. The first-order valence-corrected chi connectivity index (χ1v) is 4.60. The fourth-order valence-corrected chi connectivity index (χ4v) is 1.50. The van der Waals surface area contributed by atoms with Crippen molar-refractivity contribution in [2.24, 2.45) is 5.92 Å². The van der Waals surface area contributed by atoms with Crippen molar-refractivity contribution in [3.63, 3.8) is 0 Å². The normalized spacial score (nSPS) is 10.7. The molecule has 12 heavy (non-hydrogen) atoms. The molecule has 0 aliphatic heterocycles. The van der Waals surface area contributed by atoms with E-state index in [4.69, 9.17) is 5.41 Å². The van der Waals surface area contributed by atoms with E-state index in [9.17, 15) is 0 Å². The average Bonchev–Trinajstić information content (AvgIpc) is 2.32. The molecule has 0 amide bonds. The Kier molecular flexibility index (Phi) is 3.12. The van der Waals surface area contributed by atoms with E-state index in [-0.39, 0.29) is 0 Å². The molecule has 2 N–H and O–H groups in total. The van der Waals surface area contributed by atoms with Crippen molar-refractivity contribution >= 4 is 10.7 Å². The molecule has 0 aliphatic carbocycles. The van der Waals surface area contributed by atoms with Crippen molar-refractivity contribution in [1.29, 1.82) is 5.41 Å². The van der Waals surface area contributed by atoms with Crippen LogP contribution in [0.5, 0.6) is 0 Å². The SMILES string of the molecule is CC(C)Cc1[nH]cc(C=N)[c]1[Mn]. The van der Waals surface area contributed by atoms with Gasteiger partial charge in [-0.15, -0.1) is 0 Å². The van der Waals surface area contributed by atoms with Crippen molar-refractivity contribution in [2.75, 3.05) is 0 Å². The summed E-state index contributed by atoms with van der Waals surface area (Å²) in [6, 6.07) is 0. The van der Waals surface area contributed by atoms with Gasteiger partial charge in [0.25, 0.3) is 0 Å². The molecule has 0 spiro atoms. The molecule has 0 radical (unpaired) electrons. The Balaban J connectivity index is 2.86. The Morgan fingerprint density at radius 2 is 2.33 bits per heavy atom. The zero-order valence-corrected chi connectivity index (χ0v) is 8.50. The molecule has 1 aromatic rings. The zero-order valence-electron chi connectivity index (χ0n) is 7.32. The van der Waals surface area contributed by atoms with Crippen LogP contribution in [0.4, 0.5) is 0 Å². The van der Waals surface area contributed by atoms with Crippen LogP contribution >= 0.6 is 0 Å². The fourth-order valence-electron chi connectivity index (χ4n) is 1.13. The third-order valence-corrected chi connectivity index (χ3v) is 2.39. The van der Waals surface area contributed by atoms with Crippen molar-refractivity contribution in [3.05, 3.63) is 17.5 Å². The summed E-state index contributed by atoms with van der Waals surface area (Å²) in [6.45, 7) is 4.36. The first-order chi connectivity index (χ1) is 5.65. The second-order valence-corrected chi connectivity index (χ2v) is 3.87. The summed E-state index contributed by atoms with van der Waals surface area (Å²) in [6.07, 6.45) is 4.23. The Morgan fingerprint density at radius 1 is 1.67 bits per heavy atom. The minimum absolute atomic E-state index is 0.638. The number of aromatic nitrogens is 1. The van der Waals surface area contributed by atoms with E-state index in [0.717, 1.165) is 16.4 Å². The average molecular weight is 204 g/mol. The van der Waals surface area contributed by atoms with E-state index in [2.05, 4.69) is 34.8 Å². The van der Waals surface area contributed by atoms with Crippen LogP contribution in [0.1, 0.15) is 25.1 Å². The van der Waals surface area contributed by atoms with Gasteiger partial charge in [0.15, 0.2) is 0 Å². The molecule has 66 valence electrons. The van der Waals surface area contributed by atoms with Gasteiger partial charge in [0.05, 0.1) is 0 Å². The minimum atomic E-state index is 0.638. The van der Waals surface area contributed by atoms with Crippen LogP contribution in [0.25, 0.3) is 0 Å². The maximum absolute atomic E-state index is 7.11. The van der Waals surface area contributed by atoms with E-state index in [1.807, 2.05) is 6.20 Å². The predicted octanol–water partition coefficient (Wildman–Crippen LogP) is 1.38. The van der Waals surface area contributed by atoms with E-state index >= 15 is 0 Å². The van der Waals surface area contributed by atoms with Gasteiger partial charge in [-0.25, -0.2) is 0 Å². The standard InChI is InChI=1S/C9H13N2.Mn/c1-7(2)3-9-4-8(5-10)6-11-9;/h5-7,10-11H,3H2,1-2H3;. The van der Waals surface area contributed by atoms with Gasteiger partial charge in [-0.1, -0.05) is 0 Å². The fraction of sp³-hybridized carbons (Fsp3) is 0.444. The molecule has 1 rings (SSSR count). The van der Waals surface area contributed by atoms with Crippen molar-refractivity contribution in [3.8, 4) is 0 Å². The molecule has 2 nitrogen and oxygen atoms in total. The quantitative estimate of drug-likeness (QED) is 0.551. The predicted molar refractivity (Wildman–Crippen MR) is 46.9 cm³/mol. The molecular weight excluding hydrogens is 191 g/mol. The summed E-state index contributed by atoms with van der Waals surface area (Å²) in [5.41, 5.74) is 2.11. The second-order valence-electron chi connectivity index (χ2n) is 3.28. The van der Waals surface area contributed by atoms with Crippen LogP contribution in [-0.4, -0.2) is 11.2 Å². The zero-order chi connectivity index (χ0) is 9.14. The van der Waals surface area contributed by atoms with Gasteiger partial charge in [0.1, 0.15) is 0 Å². The summed E-state index contributed by atoms with van der Waals surface area (Å²) >= 11 is 3.46. The van der Waals surface area contributed by atoms with Gasteiger partial charge in [-0.05, 0) is 0 Å². The third-order valence-electron chi connectivity index (χ3n) is 1.69. The van der Waals surface area contributed by atoms with E-state index in [1.54, 1.807) is 0 Å². The number of hydrogen-bond acceptors (Lipinski definition) is 1. The molecule has 0 fully saturated rings. The molecule has 1 aromatic heterocycles. The van der Waals surface area contributed by atoms with Crippen molar-refractivity contribution < 1.29 is 16.0 Å². The number of nitrogens with one attached hydrogen (secondary N) is 2. The Hall–Kier alpha value is -0.531. The van der Waals surface area contributed by atoms with E-state index in [1.165, 1.54) is 11.9 Å². The van der Waals surface area contributed by atoms with Gasteiger partial charge in [0.2, 0.25) is 0 Å². The first-order valence-electron chi connectivity index (χ1n) is 4.01. The van der Waals surface area contributed by atoms with E-state index < -0.39 is 0 Å². The van der Waals surface area contributed by atoms with Gasteiger partial charge in [-0.2, -0.15) is 0 Å². The molecule has 0 atom stereocenters. The van der Waals surface area contributed by atoms with Gasteiger partial charge in [-0.3, -0.25) is 0 Å². The van der Waals surface area contributed by atoms with Gasteiger partial charge < -0.3 is 0 Å². The molecule has 0 aromatic carbocycles. The summed E-state index contributed by atoms with van der Waals surface area (Å²) in [7, 11) is 0. The maximum atomic E-state index is 7.11. The third kappa shape index (κ3) is 1.99. The number of H-pyrrole nitrogens is 1. The van der Waals surface area contributed by atoms with Crippen LogP contribution in [0.2, 0.25) is 0 Å². The summed E-state index contributed by atoms with van der Waals surface area (Å²) in [5.74, 6) is 0.638.